The Kier molecular flexibility index (Phi) is 3.33. The van der Waals surface area contributed by atoms with E-state index in [0.717, 1.165) is 13.1 Å². The first-order valence-electron chi connectivity index (χ1n) is 6.38. The summed E-state index contributed by atoms with van der Waals surface area (Å²) in [4.78, 5) is 4.22. The van der Waals surface area contributed by atoms with Crippen molar-refractivity contribution in [2.75, 3.05) is 6.54 Å². The summed E-state index contributed by atoms with van der Waals surface area (Å²) in [5.41, 5.74) is 1.92. The summed E-state index contributed by atoms with van der Waals surface area (Å²) in [6.07, 6.45) is 8.01. The highest BCUT2D eigenvalue weighted by atomic mass is 15.1. The van der Waals surface area contributed by atoms with E-state index in [1.54, 1.807) is 0 Å². The van der Waals surface area contributed by atoms with Gasteiger partial charge in [0.15, 0.2) is 0 Å². The third-order valence-corrected chi connectivity index (χ3v) is 3.82. The van der Waals surface area contributed by atoms with Crippen LogP contribution in [-0.2, 0) is 6.54 Å². The van der Waals surface area contributed by atoms with E-state index in [9.17, 15) is 0 Å². The van der Waals surface area contributed by atoms with Crippen molar-refractivity contribution in [3.63, 3.8) is 0 Å². The fourth-order valence-electron chi connectivity index (χ4n) is 2.22. The number of nitrogens with zero attached hydrogens (tertiary/aromatic N) is 2. The van der Waals surface area contributed by atoms with Crippen molar-refractivity contribution in [3.05, 3.63) is 18.2 Å². The highest BCUT2D eigenvalue weighted by molar-refractivity contribution is 5.00. The molecule has 1 aromatic heterocycles. The fourth-order valence-corrected chi connectivity index (χ4v) is 2.22. The predicted molar refractivity (Wildman–Crippen MR) is 66.3 cm³/mol. The van der Waals surface area contributed by atoms with Gasteiger partial charge in [-0.3, -0.25) is 0 Å². The smallest absolute Gasteiger partial charge is 0.0951 e. The van der Waals surface area contributed by atoms with Crippen LogP contribution in [0.15, 0.2) is 12.5 Å². The number of imidazole rings is 1. The summed E-state index contributed by atoms with van der Waals surface area (Å²) in [6.45, 7) is 8.79. The molecule has 0 amide bonds. The van der Waals surface area contributed by atoms with Crippen LogP contribution in [0.3, 0.4) is 0 Å². The zero-order valence-electron chi connectivity index (χ0n) is 10.7. The van der Waals surface area contributed by atoms with Crippen molar-refractivity contribution in [2.24, 2.45) is 5.41 Å². The summed E-state index contributed by atoms with van der Waals surface area (Å²) in [5.74, 6) is 0. The maximum Gasteiger partial charge on any atom is 0.0951 e. The van der Waals surface area contributed by atoms with E-state index in [0.29, 0.717) is 11.5 Å². The molecule has 90 valence electrons. The topological polar surface area (TPSA) is 29.9 Å². The van der Waals surface area contributed by atoms with Crippen LogP contribution in [0.4, 0.5) is 0 Å². The zero-order valence-corrected chi connectivity index (χ0v) is 10.7. The minimum atomic E-state index is 0.500. The first-order valence-corrected chi connectivity index (χ1v) is 6.38. The quantitative estimate of drug-likeness (QED) is 0.800. The lowest BCUT2D eigenvalue weighted by molar-refractivity contribution is 0.435. The Morgan fingerprint density at radius 3 is 2.81 bits per heavy atom. The third-order valence-electron chi connectivity index (χ3n) is 3.82. The second-order valence-electron chi connectivity index (χ2n) is 5.34. The predicted octanol–water partition coefficient (Wildman–Crippen LogP) is 2.74. The van der Waals surface area contributed by atoms with E-state index in [-0.39, 0.29) is 0 Å². The summed E-state index contributed by atoms with van der Waals surface area (Å²) in [6, 6.07) is 0.500. The SMILES string of the molecule is CCC1(CNCc2cncn2C(C)C)CC1. The van der Waals surface area contributed by atoms with E-state index < -0.39 is 0 Å². The van der Waals surface area contributed by atoms with Crippen LogP contribution >= 0.6 is 0 Å². The number of rotatable bonds is 6. The third kappa shape index (κ3) is 2.46. The minimum absolute atomic E-state index is 0.500. The number of nitrogens with one attached hydrogen (secondary N) is 1. The van der Waals surface area contributed by atoms with Crippen LogP contribution in [0, 0.1) is 5.41 Å². The van der Waals surface area contributed by atoms with Gasteiger partial charge in [-0.1, -0.05) is 6.92 Å². The van der Waals surface area contributed by atoms with Gasteiger partial charge in [-0.15, -0.1) is 0 Å². The maximum atomic E-state index is 4.22. The lowest BCUT2D eigenvalue weighted by Gasteiger charge is -2.15. The van der Waals surface area contributed by atoms with Crippen molar-refractivity contribution in [1.29, 1.82) is 0 Å². The molecule has 0 aromatic carbocycles. The van der Waals surface area contributed by atoms with Crippen LogP contribution in [0.25, 0.3) is 0 Å². The summed E-state index contributed by atoms with van der Waals surface area (Å²) in [5, 5.41) is 3.58. The van der Waals surface area contributed by atoms with Crippen LogP contribution in [0.1, 0.15) is 51.8 Å². The van der Waals surface area contributed by atoms with Crippen LogP contribution in [-0.4, -0.2) is 16.1 Å². The minimum Gasteiger partial charge on any atom is -0.331 e. The molecule has 1 saturated carbocycles. The van der Waals surface area contributed by atoms with Crippen molar-refractivity contribution in [1.82, 2.24) is 14.9 Å². The molecule has 1 aliphatic carbocycles. The van der Waals surface area contributed by atoms with E-state index in [2.05, 4.69) is 35.6 Å². The summed E-state index contributed by atoms with van der Waals surface area (Å²) < 4.78 is 2.23. The van der Waals surface area contributed by atoms with Gasteiger partial charge in [0.05, 0.1) is 12.0 Å². The summed E-state index contributed by atoms with van der Waals surface area (Å²) in [7, 11) is 0. The fraction of sp³-hybridized carbons (Fsp3) is 0.769. The van der Waals surface area contributed by atoms with Crippen LogP contribution in [0.5, 0.6) is 0 Å². The number of hydrogen-bond acceptors (Lipinski definition) is 2. The van der Waals surface area contributed by atoms with Gasteiger partial charge in [-0.05, 0) is 38.5 Å². The van der Waals surface area contributed by atoms with E-state index in [4.69, 9.17) is 0 Å². The largest absolute Gasteiger partial charge is 0.331 e. The molecule has 0 radical (unpaired) electrons. The van der Waals surface area contributed by atoms with Gasteiger partial charge in [-0.2, -0.15) is 0 Å². The van der Waals surface area contributed by atoms with E-state index in [1.165, 1.54) is 25.0 Å². The summed E-state index contributed by atoms with van der Waals surface area (Å²) >= 11 is 0. The van der Waals surface area contributed by atoms with Crippen LogP contribution < -0.4 is 5.32 Å². The maximum absolute atomic E-state index is 4.22. The lowest BCUT2D eigenvalue weighted by atomic mass is 10.0. The standard InChI is InChI=1S/C13H23N3/c1-4-13(5-6-13)9-14-7-12-8-15-10-16(12)11(2)3/h8,10-11,14H,4-7,9H2,1-3H3. The van der Waals surface area contributed by atoms with Gasteiger partial charge >= 0.3 is 0 Å². The van der Waals surface area contributed by atoms with Crippen molar-refractivity contribution in [3.8, 4) is 0 Å². The Bertz CT molecular complexity index is 337. The van der Waals surface area contributed by atoms with Gasteiger partial charge in [0.2, 0.25) is 0 Å². The second-order valence-corrected chi connectivity index (χ2v) is 5.34. The Morgan fingerprint density at radius 1 is 1.50 bits per heavy atom. The molecule has 3 heteroatoms. The van der Waals surface area contributed by atoms with Gasteiger partial charge < -0.3 is 9.88 Å². The molecule has 16 heavy (non-hydrogen) atoms. The molecule has 0 spiro atoms. The Hall–Kier alpha value is -0.830. The van der Waals surface area contributed by atoms with Gasteiger partial charge in [-0.25, -0.2) is 4.98 Å². The monoisotopic (exact) mass is 221 g/mol. The Balaban J connectivity index is 1.83. The van der Waals surface area contributed by atoms with Crippen molar-refractivity contribution in [2.45, 2.75) is 52.6 Å². The zero-order chi connectivity index (χ0) is 11.6. The van der Waals surface area contributed by atoms with Crippen LogP contribution in [0.2, 0.25) is 0 Å². The molecule has 1 fully saturated rings. The molecule has 3 nitrogen and oxygen atoms in total. The molecule has 1 N–H and O–H groups in total. The molecular formula is C13H23N3. The highest BCUT2D eigenvalue weighted by Crippen LogP contribution is 2.47. The Morgan fingerprint density at radius 2 is 2.25 bits per heavy atom. The van der Waals surface area contributed by atoms with Gasteiger partial charge in [0, 0.05) is 25.3 Å². The molecule has 0 saturated heterocycles. The number of hydrogen-bond donors (Lipinski definition) is 1. The molecule has 1 aromatic rings. The first-order chi connectivity index (χ1) is 7.67. The molecule has 0 atom stereocenters. The first kappa shape index (κ1) is 11.6. The van der Waals surface area contributed by atoms with E-state index >= 15 is 0 Å². The van der Waals surface area contributed by atoms with Gasteiger partial charge in [0.1, 0.15) is 0 Å². The van der Waals surface area contributed by atoms with Crippen molar-refractivity contribution < 1.29 is 0 Å². The average molecular weight is 221 g/mol. The van der Waals surface area contributed by atoms with Gasteiger partial charge in [0.25, 0.3) is 0 Å². The lowest BCUT2D eigenvalue weighted by Crippen LogP contribution is -2.24. The molecule has 0 bridgehead atoms. The highest BCUT2D eigenvalue weighted by Gasteiger charge is 2.39. The average Bonchev–Trinajstić information content (AvgIpc) is 2.88. The second kappa shape index (κ2) is 4.58. The van der Waals surface area contributed by atoms with E-state index in [1.807, 2.05) is 12.5 Å². The molecule has 0 aliphatic heterocycles. The molecule has 1 heterocycles. The number of aromatic nitrogens is 2. The molecule has 1 aliphatic rings. The normalized spacial score (nSPS) is 18.0. The molecule has 0 unspecified atom stereocenters. The van der Waals surface area contributed by atoms with Crippen molar-refractivity contribution >= 4 is 0 Å². The molecule has 2 rings (SSSR count). The Labute approximate surface area is 98.3 Å². The molecular weight excluding hydrogens is 198 g/mol.